The fourth-order valence-electron chi connectivity index (χ4n) is 1.50. The van der Waals surface area contributed by atoms with Crippen molar-refractivity contribution < 1.29 is 19.4 Å². The zero-order chi connectivity index (χ0) is 15.2. The molecule has 0 aliphatic rings. The molecule has 2 N–H and O–H groups in total. The molecule has 0 aliphatic heterocycles. The molecule has 1 heterocycles. The Morgan fingerprint density at radius 1 is 1.35 bits per heavy atom. The van der Waals surface area contributed by atoms with Crippen molar-refractivity contribution >= 4 is 12.1 Å². The molecule has 6 heteroatoms. The number of nitrogens with zero attached hydrogens (tertiary/aromatic N) is 1. The largest absolute Gasteiger partial charge is 0.477 e. The molecule has 20 heavy (non-hydrogen) atoms. The maximum absolute atomic E-state index is 11.4. The number of carbonyl (C=O) groups excluding carboxylic acids is 1. The van der Waals surface area contributed by atoms with Gasteiger partial charge in [0.1, 0.15) is 11.3 Å². The van der Waals surface area contributed by atoms with Gasteiger partial charge in [0.15, 0.2) is 0 Å². The smallest absolute Gasteiger partial charge is 0.407 e. The number of hydrogen-bond acceptors (Lipinski definition) is 4. The molecule has 0 aromatic carbocycles. The Hall–Kier alpha value is -2.11. The Balaban J connectivity index is 2.27. The van der Waals surface area contributed by atoms with Crippen LogP contribution in [0.3, 0.4) is 0 Å². The van der Waals surface area contributed by atoms with Gasteiger partial charge >= 0.3 is 12.1 Å². The van der Waals surface area contributed by atoms with Crippen LogP contribution < -0.4 is 5.32 Å². The number of amides is 1. The first-order valence-corrected chi connectivity index (χ1v) is 6.43. The first kappa shape index (κ1) is 15.9. The Kier molecular flexibility index (Phi) is 5.49. The van der Waals surface area contributed by atoms with Gasteiger partial charge in [0.2, 0.25) is 0 Å². The van der Waals surface area contributed by atoms with Gasteiger partial charge in [0.25, 0.3) is 0 Å². The van der Waals surface area contributed by atoms with Crippen LogP contribution in [0.2, 0.25) is 0 Å². The highest BCUT2D eigenvalue weighted by Gasteiger charge is 2.15. The molecular weight excluding hydrogens is 260 g/mol. The van der Waals surface area contributed by atoms with E-state index in [2.05, 4.69) is 10.3 Å². The number of pyridine rings is 1. The summed E-state index contributed by atoms with van der Waals surface area (Å²) >= 11 is 0. The van der Waals surface area contributed by atoms with Gasteiger partial charge in [-0.25, -0.2) is 14.6 Å². The van der Waals surface area contributed by atoms with Gasteiger partial charge in [-0.1, -0.05) is 6.07 Å². The second kappa shape index (κ2) is 6.88. The molecule has 0 bridgehead atoms. The number of carboxylic acids is 1. The highest BCUT2D eigenvalue weighted by Crippen LogP contribution is 2.07. The lowest BCUT2D eigenvalue weighted by Crippen LogP contribution is -2.33. The minimum Gasteiger partial charge on any atom is -0.477 e. The summed E-state index contributed by atoms with van der Waals surface area (Å²) in [5.41, 5.74) is 0.460. The Bertz CT molecular complexity index is 463. The minimum absolute atomic E-state index is 0.0284. The van der Waals surface area contributed by atoms with Crippen molar-refractivity contribution in [2.75, 3.05) is 6.54 Å². The van der Waals surface area contributed by atoms with E-state index in [1.54, 1.807) is 6.07 Å². The number of hydrogen-bond donors (Lipinski definition) is 2. The summed E-state index contributed by atoms with van der Waals surface area (Å²) in [7, 11) is 0. The average Bonchev–Trinajstić information content (AvgIpc) is 2.33. The van der Waals surface area contributed by atoms with Gasteiger partial charge < -0.3 is 15.2 Å². The third-order valence-electron chi connectivity index (χ3n) is 2.35. The van der Waals surface area contributed by atoms with Crippen LogP contribution in [-0.4, -0.2) is 34.3 Å². The average molecular weight is 280 g/mol. The molecule has 1 rings (SSSR count). The summed E-state index contributed by atoms with van der Waals surface area (Å²) in [6.07, 6.45) is 2.55. The predicted molar refractivity (Wildman–Crippen MR) is 73.8 cm³/mol. The van der Waals surface area contributed by atoms with Gasteiger partial charge in [0.05, 0.1) is 0 Å². The van der Waals surface area contributed by atoms with Crippen molar-refractivity contribution in [2.24, 2.45) is 0 Å². The Labute approximate surface area is 118 Å². The van der Waals surface area contributed by atoms with Crippen LogP contribution in [0.25, 0.3) is 0 Å². The molecule has 1 aromatic rings. The van der Waals surface area contributed by atoms with Crippen molar-refractivity contribution in [3.63, 3.8) is 0 Å². The van der Waals surface area contributed by atoms with Crippen molar-refractivity contribution in [3.05, 3.63) is 29.6 Å². The normalized spacial score (nSPS) is 10.9. The number of aryl methyl sites for hydroxylation is 1. The summed E-state index contributed by atoms with van der Waals surface area (Å²) in [4.78, 5) is 25.8. The molecule has 6 nitrogen and oxygen atoms in total. The zero-order valence-electron chi connectivity index (χ0n) is 12.0. The van der Waals surface area contributed by atoms with Crippen LogP contribution in [0, 0.1) is 0 Å². The van der Waals surface area contributed by atoms with Crippen LogP contribution >= 0.6 is 0 Å². The van der Waals surface area contributed by atoms with E-state index in [-0.39, 0.29) is 5.69 Å². The Morgan fingerprint density at radius 2 is 2.05 bits per heavy atom. The molecule has 110 valence electrons. The lowest BCUT2D eigenvalue weighted by Gasteiger charge is -2.19. The Morgan fingerprint density at radius 3 is 2.55 bits per heavy atom. The molecule has 0 fully saturated rings. The van der Waals surface area contributed by atoms with Gasteiger partial charge in [-0.3, -0.25) is 0 Å². The molecule has 0 atom stereocenters. The lowest BCUT2D eigenvalue weighted by molar-refractivity contribution is 0.0526. The minimum atomic E-state index is -1.04. The number of aromatic carboxylic acids is 1. The lowest BCUT2D eigenvalue weighted by atomic mass is 10.1. The number of aromatic nitrogens is 1. The summed E-state index contributed by atoms with van der Waals surface area (Å²) in [5, 5.41) is 11.4. The van der Waals surface area contributed by atoms with Crippen molar-refractivity contribution in [2.45, 2.75) is 39.2 Å². The monoisotopic (exact) mass is 280 g/mol. The quantitative estimate of drug-likeness (QED) is 0.807. The number of alkyl carbamates (subject to hydrolysis) is 1. The molecular formula is C14H20N2O4. The van der Waals surface area contributed by atoms with Crippen molar-refractivity contribution in [3.8, 4) is 0 Å². The second-order valence-corrected chi connectivity index (χ2v) is 5.39. The summed E-state index contributed by atoms with van der Waals surface area (Å²) in [6, 6.07) is 3.20. The summed E-state index contributed by atoms with van der Waals surface area (Å²) in [6.45, 7) is 5.92. The first-order chi connectivity index (χ1) is 9.28. The number of ether oxygens (including phenoxy) is 1. The van der Waals surface area contributed by atoms with E-state index in [9.17, 15) is 9.59 Å². The third-order valence-corrected chi connectivity index (χ3v) is 2.35. The van der Waals surface area contributed by atoms with Crippen molar-refractivity contribution in [1.29, 1.82) is 0 Å². The zero-order valence-corrected chi connectivity index (χ0v) is 12.0. The van der Waals surface area contributed by atoms with Crippen LogP contribution in [0.1, 0.15) is 43.2 Å². The highest BCUT2D eigenvalue weighted by molar-refractivity contribution is 5.85. The number of carboxylic acid groups (broad SMARTS) is 1. The third kappa shape index (κ3) is 6.17. The molecule has 0 radical (unpaired) electrons. The molecule has 1 amide bonds. The summed E-state index contributed by atoms with van der Waals surface area (Å²) < 4.78 is 5.10. The molecule has 0 spiro atoms. The SMILES string of the molecule is CC(C)(C)OC(=O)NCCCc1ccc(C(=O)O)nc1. The van der Waals surface area contributed by atoms with Gasteiger partial charge in [-0.15, -0.1) is 0 Å². The van der Waals surface area contributed by atoms with E-state index in [1.165, 1.54) is 12.3 Å². The standard InChI is InChI=1S/C14H20N2O4/c1-14(2,3)20-13(19)15-8-4-5-10-6-7-11(12(17)18)16-9-10/h6-7,9H,4-5,8H2,1-3H3,(H,15,19)(H,17,18). The maximum Gasteiger partial charge on any atom is 0.407 e. The van der Waals surface area contributed by atoms with Gasteiger partial charge in [-0.2, -0.15) is 0 Å². The van der Waals surface area contributed by atoms with E-state index >= 15 is 0 Å². The van der Waals surface area contributed by atoms with E-state index in [1.807, 2.05) is 20.8 Å². The van der Waals surface area contributed by atoms with E-state index in [0.29, 0.717) is 13.0 Å². The number of carbonyl (C=O) groups is 2. The van der Waals surface area contributed by atoms with E-state index in [0.717, 1.165) is 12.0 Å². The molecule has 0 unspecified atom stereocenters. The molecule has 1 aromatic heterocycles. The molecule has 0 saturated heterocycles. The fraction of sp³-hybridized carbons (Fsp3) is 0.500. The van der Waals surface area contributed by atoms with Crippen LogP contribution in [0.4, 0.5) is 4.79 Å². The van der Waals surface area contributed by atoms with Crippen LogP contribution in [0.5, 0.6) is 0 Å². The van der Waals surface area contributed by atoms with Crippen LogP contribution in [0.15, 0.2) is 18.3 Å². The van der Waals surface area contributed by atoms with E-state index < -0.39 is 17.7 Å². The highest BCUT2D eigenvalue weighted by atomic mass is 16.6. The van der Waals surface area contributed by atoms with Crippen LogP contribution in [-0.2, 0) is 11.2 Å². The fourth-order valence-corrected chi connectivity index (χ4v) is 1.50. The number of nitrogens with one attached hydrogen (secondary N) is 1. The molecule has 0 aliphatic carbocycles. The predicted octanol–water partition coefficient (Wildman–Crippen LogP) is 2.24. The van der Waals surface area contributed by atoms with Crippen molar-refractivity contribution in [1.82, 2.24) is 10.3 Å². The maximum atomic E-state index is 11.4. The molecule has 0 saturated carbocycles. The van der Waals surface area contributed by atoms with Gasteiger partial charge in [0, 0.05) is 12.7 Å². The first-order valence-electron chi connectivity index (χ1n) is 6.43. The summed E-state index contributed by atoms with van der Waals surface area (Å²) in [5.74, 6) is -1.04. The van der Waals surface area contributed by atoms with E-state index in [4.69, 9.17) is 9.84 Å². The van der Waals surface area contributed by atoms with Gasteiger partial charge in [-0.05, 0) is 45.2 Å². The second-order valence-electron chi connectivity index (χ2n) is 5.39. The number of rotatable bonds is 5. The topological polar surface area (TPSA) is 88.5 Å².